The summed E-state index contributed by atoms with van der Waals surface area (Å²) in [6.45, 7) is 1.53. The van der Waals surface area contributed by atoms with Gasteiger partial charge in [0.1, 0.15) is 0 Å². The smallest absolute Gasteiger partial charge is 0.256 e. The van der Waals surface area contributed by atoms with Crippen molar-refractivity contribution in [1.29, 1.82) is 0 Å². The number of rotatable bonds is 8. The van der Waals surface area contributed by atoms with Gasteiger partial charge in [0.15, 0.2) is 0 Å². The first-order valence-electron chi connectivity index (χ1n) is 9.27. The molecular formula is C22H23NO5S2. The molecule has 3 aromatic rings. The van der Waals surface area contributed by atoms with E-state index in [1.165, 1.54) is 38.3 Å². The van der Waals surface area contributed by atoms with Gasteiger partial charge in [0.2, 0.25) is 0 Å². The van der Waals surface area contributed by atoms with Gasteiger partial charge in [0, 0.05) is 7.11 Å². The fraction of sp³-hybridized carbons (Fsp3) is 0.182. The van der Waals surface area contributed by atoms with Crippen molar-refractivity contribution in [2.45, 2.75) is 28.9 Å². The maximum atomic E-state index is 13.5. The number of nitrogens with zero attached hydrogens (tertiary/aromatic N) is 1. The second-order valence-electron chi connectivity index (χ2n) is 6.67. The number of ether oxygens (including phenoxy) is 1. The summed E-state index contributed by atoms with van der Waals surface area (Å²) in [5.74, 6) is 0. The van der Waals surface area contributed by atoms with Gasteiger partial charge in [-0.1, -0.05) is 70.4 Å². The van der Waals surface area contributed by atoms with Crippen molar-refractivity contribution in [2.75, 3.05) is 7.11 Å². The number of hydrogen-bond donors (Lipinski definition) is 0. The number of hydrogen-bond acceptors (Lipinski definition) is 5. The van der Waals surface area contributed by atoms with E-state index in [2.05, 4.69) is 0 Å². The minimum atomic E-state index is -4.40. The van der Waals surface area contributed by atoms with Crippen molar-refractivity contribution < 1.29 is 21.6 Å². The van der Waals surface area contributed by atoms with Crippen LogP contribution in [0.5, 0.6) is 0 Å². The molecule has 0 fully saturated rings. The molecule has 158 valence electrons. The minimum absolute atomic E-state index is 0.112. The molecule has 0 spiro atoms. The molecule has 6 nitrogen and oxygen atoms in total. The van der Waals surface area contributed by atoms with Crippen LogP contribution in [0.2, 0.25) is 0 Å². The Morgan fingerprint density at radius 1 is 0.667 bits per heavy atom. The lowest BCUT2D eigenvalue weighted by Crippen LogP contribution is -2.46. The van der Waals surface area contributed by atoms with Crippen LogP contribution in [0.4, 0.5) is 0 Å². The van der Waals surface area contributed by atoms with Crippen molar-refractivity contribution in [3.8, 4) is 0 Å². The molecular weight excluding hydrogens is 422 g/mol. The maximum Gasteiger partial charge on any atom is 0.256 e. The molecule has 0 unspecified atom stereocenters. The van der Waals surface area contributed by atoms with E-state index < -0.39 is 32.2 Å². The van der Waals surface area contributed by atoms with Gasteiger partial charge in [-0.25, -0.2) is 16.8 Å². The molecule has 0 bridgehead atoms. The quantitative estimate of drug-likeness (QED) is 0.526. The molecule has 0 amide bonds. The van der Waals surface area contributed by atoms with Crippen LogP contribution in [0.15, 0.2) is 101 Å². The number of methoxy groups -OCH3 is 1. The summed E-state index contributed by atoms with van der Waals surface area (Å²) in [6.07, 6.45) is -0.803. The monoisotopic (exact) mass is 445 g/mol. The van der Waals surface area contributed by atoms with Gasteiger partial charge in [-0.05, 0) is 36.8 Å². The van der Waals surface area contributed by atoms with E-state index in [9.17, 15) is 16.8 Å². The van der Waals surface area contributed by atoms with Crippen LogP contribution in [0.25, 0.3) is 0 Å². The highest BCUT2D eigenvalue weighted by molar-refractivity contribution is 8.04. The molecule has 2 atom stereocenters. The van der Waals surface area contributed by atoms with Crippen molar-refractivity contribution >= 4 is 20.0 Å². The van der Waals surface area contributed by atoms with Gasteiger partial charge in [-0.15, -0.1) is 0 Å². The summed E-state index contributed by atoms with van der Waals surface area (Å²) in [4.78, 5) is -0.224. The first-order valence-corrected chi connectivity index (χ1v) is 12.2. The summed E-state index contributed by atoms with van der Waals surface area (Å²) >= 11 is 0. The Balaban J connectivity index is 2.20. The second-order valence-corrected chi connectivity index (χ2v) is 10.5. The highest BCUT2D eigenvalue weighted by Gasteiger charge is 2.43. The zero-order chi connectivity index (χ0) is 21.8. The molecule has 0 aromatic heterocycles. The van der Waals surface area contributed by atoms with Crippen LogP contribution in [0, 0.1) is 0 Å². The van der Waals surface area contributed by atoms with Gasteiger partial charge in [0.05, 0.1) is 21.9 Å². The van der Waals surface area contributed by atoms with E-state index in [-0.39, 0.29) is 9.79 Å². The van der Waals surface area contributed by atoms with E-state index in [4.69, 9.17) is 4.74 Å². The number of sulfonamides is 2. The van der Waals surface area contributed by atoms with Gasteiger partial charge >= 0.3 is 0 Å². The Bertz CT molecular complexity index is 1100. The Morgan fingerprint density at radius 3 is 1.40 bits per heavy atom. The average Bonchev–Trinajstić information content (AvgIpc) is 2.76. The molecule has 0 saturated heterocycles. The van der Waals surface area contributed by atoms with Crippen LogP contribution in [-0.2, 0) is 24.8 Å². The Morgan fingerprint density at radius 2 is 1.03 bits per heavy atom. The summed E-state index contributed by atoms with van der Waals surface area (Å²) in [6, 6.07) is 22.9. The molecule has 30 heavy (non-hydrogen) atoms. The maximum absolute atomic E-state index is 13.5. The lowest BCUT2D eigenvalue weighted by molar-refractivity contribution is 0.0644. The molecule has 3 aromatic carbocycles. The zero-order valence-electron chi connectivity index (χ0n) is 16.6. The molecule has 0 aliphatic rings. The normalized spacial score (nSPS) is 14.4. The van der Waals surface area contributed by atoms with E-state index in [0.717, 1.165) is 0 Å². The van der Waals surface area contributed by atoms with Crippen LogP contribution >= 0.6 is 0 Å². The van der Waals surface area contributed by atoms with Gasteiger partial charge in [-0.3, -0.25) is 0 Å². The Kier molecular flexibility index (Phi) is 6.72. The van der Waals surface area contributed by atoms with Crippen LogP contribution in [0.3, 0.4) is 0 Å². The SMILES string of the molecule is CO[C@H](c1ccccc1)[C@@H](C)N(S(=O)(=O)c1ccccc1)S(=O)(=O)c1ccccc1. The predicted molar refractivity (Wildman–Crippen MR) is 115 cm³/mol. The van der Waals surface area contributed by atoms with E-state index in [1.807, 2.05) is 6.07 Å². The van der Waals surface area contributed by atoms with Gasteiger partial charge in [-0.2, -0.15) is 0 Å². The molecule has 0 N–H and O–H groups in total. The van der Waals surface area contributed by atoms with E-state index in [1.54, 1.807) is 60.7 Å². The highest BCUT2D eigenvalue weighted by Crippen LogP contribution is 2.33. The summed E-state index contributed by atoms with van der Waals surface area (Å²) < 4.78 is 60.3. The van der Waals surface area contributed by atoms with Crippen LogP contribution in [0.1, 0.15) is 18.6 Å². The van der Waals surface area contributed by atoms with Crippen LogP contribution in [-0.4, -0.2) is 33.7 Å². The highest BCUT2D eigenvalue weighted by atomic mass is 32.3. The van der Waals surface area contributed by atoms with Crippen molar-refractivity contribution in [3.63, 3.8) is 0 Å². The molecule has 0 heterocycles. The van der Waals surface area contributed by atoms with Crippen molar-refractivity contribution in [3.05, 3.63) is 96.6 Å². The fourth-order valence-electron chi connectivity index (χ4n) is 3.32. The Hall–Kier alpha value is -2.52. The summed E-state index contributed by atoms with van der Waals surface area (Å²) in [7, 11) is -7.38. The predicted octanol–water partition coefficient (Wildman–Crippen LogP) is 3.84. The number of benzene rings is 3. The second kappa shape index (κ2) is 9.09. The Labute approximate surface area is 177 Å². The molecule has 0 aliphatic carbocycles. The van der Waals surface area contributed by atoms with E-state index >= 15 is 0 Å². The molecule has 0 saturated carbocycles. The lowest BCUT2D eigenvalue weighted by Gasteiger charge is -2.32. The molecule has 3 rings (SSSR count). The standard InChI is InChI=1S/C22H23NO5S2/c1-18(22(28-2)19-12-6-3-7-13-19)23(29(24,25)20-14-8-4-9-15-20)30(26,27)21-16-10-5-11-17-21/h3-18,22H,1-2H3/t18-,22+/m1/s1. The topological polar surface area (TPSA) is 80.8 Å². The zero-order valence-corrected chi connectivity index (χ0v) is 18.3. The molecule has 0 radical (unpaired) electrons. The third-order valence-corrected chi connectivity index (χ3v) is 9.23. The van der Waals surface area contributed by atoms with Crippen molar-refractivity contribution in [2.24, 2.45) is 0 Å². The summed E-state index contributed by atoms with van der Waals surface area (Å²) in [5, 5.41) is 0. The third kappa shape index (κ3) is 4.32. The first kappa shape index (κ1) is 22.2. The molecule has 8 heteroatoms. The minimum Gasteiger partial charge on any atom is -0.375 e. The third-order valence-electron chi connectivity index (χ3n) is 4.71. The van der Waals surface area contributed by atoms with Crippen molar-refractivity contribution in [1.82, 2.24) is 3.71 Å². The average molecular weight is 446 g/mol. The molecule has 0 aliphatic heterocycles. The lowest BCUT2D eigenvalue weighted by atomic mass is 10.0. The van der Waals surface area contributed by atoms with Gasteiger partial charge < -0.3 is 4.74 Å². The summed E-state index contributed by atoms with van der Waals surface area (Å²) in [5.41, 5.74) is 0.670. The van der Waals surface area contributed by atoms with Gasteiger partial charge in [0.25, 0.3) is 20.0 Å². The fourth-order valence-corrected chi connectivity index (χ4v) is 7.39. The largest absolute Gasteiger partial charge is 0.375 e. The van der Waals surface area contributed by atoms with Crippen LogP contribution < -0.4 is 0 Å². The first-order chi connectivity index (χ1) is 14.3. The van der Waals surface area contributed by atoms with E-state index in [0.29, 0.717) is 9.27 Å².